The van der Waals surface area contributed by atoms with E-state index in [1.165, 1.54) is 76.6 Å². The molecule has 280 valence electrons. The fourth-order valence-electron chi connectivity index (χ4n) is 9.71. The highest BCUT2D eigenvalue weighted by atomic mass is 16.4. The molecular weight excluding hydrogens is 731 g/mol. The molecule has 0 aliphatic rings. The number of benzene rings is 9. The fraction of sp³-hybridized carbons (Fsp3) is 0. The minimum atomic E-state index is 0.807. The van der Waals surface area contributed by atoms with Gasteiger partial charge in [-0.25, -0.2) is 0 Å². The number of furan rings is 1. The number of fused-ring (bicyclic) bond motifs is 10. The third kappa shape index (κ3) is 4.85. The molecule has 0 N–H and O–H groups in total. The molecule has 0 aliphatic heterocycles. The van der Waals surface area contributed by atoms with Crippen LogP contribution in [0.4, 0.5) is 0 Å². The summed E-state index contributed by atoms with van der Waals surface area (Å²) in [6.07, 6.45) is 0. The molecule has 0 amide bonds. The Morgan fingerprint density at radius 1 is 0.267 bits per heavy atom. The predicted molar refractivity (Wildman–Crippen MR) is 250 cm³/mol. The van der Waals surface area contributed by atoms with Crippen LogP contribution < -0.4 is 0 Å². The molecule has 0 bridgehead atoms. The first-order chi connectivity index (χ1) is 29.7. The van der Waals surface area contributed by atoms with Gasteiger partial charge >= 0.3 is 0 Å². The lowest BCUT2D eigenvalue weighted by Crippen LogP contribution is -1.93. The Bertz CT molecular complexity index is 3580. The lowest BCUT2D eigenvalue weighted by atomic mass is 9.98. The molecule has 13 rings (SSSR count). The summed E-state index contributed by atoms with van der Waals surface area (Å²) in [6, 6.07) is 76.8. The monoisotopic (exact) mass is 765 g/mol. The molecule has 0 aliphatic carbocycles. The maximum atomic E-state index is 6.57. The van der Waals surface area contributed by atoms with Crippen LogP contribution in [0.2, 0.25) is 0 Å². The van der Waals surface area contributed by atoms with Crippen molar-refractivity contribution in [3.63, 3.8) is 0 Å². The first-order valence-corrected chi connectivity index (χ1v) is 20.5. The van der Waals surface area contributed by atoms with Gasteiger partial charge in [-0.2, -0.15) is 0 Å². The number of rotatable bonds is 5. The van der Waals surface area contributed by atoms with E-state index in [0.29, 0.717) is 0 Å². The van der Waals surface area contributed by atoms with Crippen LogP contribution in [0.5, 0.6) is 0 Å². The molecule has 0 radical (unpaired) electrons. The van der Waals surface area contributed by atoms with Crippen LogP contribution in [0.15, 0.2) is 217 Å². The van der Waals surface area contributed by atoms with Gasteiger partial charge in [0.1, 0.15) is 5.58 Å². The standard InChI is InChI=1S/C56H35N3O/c1-3-14-41(15-4-1)57-49-20-10-8-18-43(49)45-31-36(23-27-51(45)57)38-25-29-53-47(33-38)48-34-39(26-30-54(48)59(53)56-35-40-13-7-12-22-55(40)60-56)37-24-28-52-46(32-37)44-19-9-11-21-50(44)58(52)42-16-5-2-6-17-42/h1-35H. The maximum Gasteiger partial charge on any atom is 0.205 e. The van der Waals surface area contributed by atoms with Crippen molar-refractivity contribution in [3.8, 4) is 39.5 Å². The molecule has 4 aromatic heterocycles. The van der Waals surface area contributed by atoms with Gasteiger partial charge in [-0.05, 0) is 113 Å². The van der Waals surface area contributed by atoms with E-state index in [0.717, 1.165) is 39.3 Å². The highest BCUT2D eigenvalue weighted by molar-refractivity contribution is 6.14. The molecule has 0 spiro atoms. The minimum absolute atomic E-state index is 0.807. The van der Waals surface area contributed by atoms with Crippen molar-refractivity contribution in [2.75, 3.05) is 0 Å². The van der Waals surface area contributed by atoms with Gasteiger partial charge in [-0.15, -0.1) is 0 Å². The molecule has 0 fully saturated rings. The van der Waals surface area contributed by atoms with Crippen LogP contribution in [0, 0.1) is 0 Å². The first kappa shape index (κ1) is 32.9. The van der Waals surface area contributed by atoms with E-state index in [4.69, 9.17) is 4.42 Å². The minimum Gasteiger partial charge on any atom is -0.440 e. The second-order valence-electron chi connectivity index (χ2n) is 15.8. The quantitative estimate of drug-likeness (QED) is 0.171. The van der Waals surface area contributed by atoms with Crippen molar-refractivity contribution in [1.82, 2.24) is 13.7 Å². The van der Waals surface area contributed by atoms with Gasteiger partial charge in [-0.1, -0.05) is 115 Å². The lowest BCUT2D eigenvalue weighted by molar-refractivity contribution is 0.590. The normalized spacial score (nSPS) is 12.0. The summed E-state index contributed by atoms with van der Waals surface area (Å²) in [5, 5.41) is 8.41. The van der Waals surface area contributed by atoms with Crippen LogP contribution >= 0.6 is 0 Å². The van der Waals surface area contributed by atoms with E-state index >= 15 is 0 Å². The van der Waals surface area contributed by atoms with Gasteiger partial charge in [0.25, 0.3) is 0 Å². The molecule has 4 nitrogen and oxygen atoms in total. The van der Waals surface area contributed by atoms with E-state index in [2.05, 4.69) is 214 Å². The van der Waals surface area contributed by atoms with Crippen LogP contribution in [-0.4, -0.2) is 13.7 Å². The number of hydrogen-bond donors (Lipinski definition) is 0. The SMILES string of the molecule is c1ccc(-n2c3ccccc3c3cc(-c4ccc5c(c4)c4cc(-c6ccc7c(c6)c6ccccc6n7-c6ccccc6)ccc4n5-c4cc5ccccc5o4)ccc32)cc1. The Labute approximate surface area is 345 Å². The Balaban J connectivity index is 1.02. The van der Waals surface area contributed by atoms with E-state index in [1.807, 2.05) is 12.1 Å². The molecule has 4 heterocycles. The molecular formula is C56H35N3O. The van der Waals surface area contributed by atoms with Crippen molar-refractivity contribution in [3.05, 3.63) is 212 Å². The molecule has 9 aromatic carbocycles. The first-order valence-electron chi connectivity index (χ1n) is 20.5. The summed E-state index contributed by atoms with van der Waals surface area (Å²) in [5.41, 5.74) is 14.9. The highest BCUT2D eigenvalue weighted by Gasteiger charge is 2.20. The Morgan fingerprint density at radius 3 is 1.10 bits per heavy atom. The van der Waals surface area contributed by atoms with Crippen molar-refractivity contribution in [2.24, 2.45) is 0 Å². The second kappa shape index (κ2) is 12.7. The highest BCUT2D eigenvalue weighted by Crippen LogP contribution is 2.41. The second-order valence-corrected chi connectivity index (χ2v) is 15.8. The van der Waals surface area contributed by atoms with Crippen molar-refractivity contribution < 1.29 is 4.42 Å². The molecule has 4 heteroatoms. The van der Waals surface area contributed by atoms with Gasteiger partial charge in [0.15, 0.2) is 0 Å². The Kier molecular flexibility index (Phi) is 6.98. The van der Waals surface area contributed by atoms with Crippen LogP contribution in [0.3, 0.4) is 0 Å². The van der Waals surface area contributed by atoms with Crippen molar-refractivity contribution in [1.29, 1.82) is 0 Å². The summed E-state index contributed by atoms with van der Waals surface area (Å²) in [7, 11) is 0. The topological polar surface area (TPSA) is 27.9 Å². The molecule has 0 atom stereocenters. The Morgan fingerprint density at radius 2 is 0.633 bits per heavy atom. The molecule has 60 heavy (non-hydrogen) atoms. The van der Waals surface area contributed by atoms with Gasteiger partial charge in [0.2, 0.25) is 5.88 Å². The number of para-hydroxylation sites is 5. The summed E-state index contributed by atoms with van der Waals surface area (Å²) in [6.45, 7) is 0. The number of nitrogens with zero attached hydrogens (tertiary/aromatic N) is 3. The molecule has 0 saturated heterocycles. The largest absolute Gasteiger partial charge is 0.440 e. The summed E-state index contributed by atoms with van der Waals surface area (Å²) >= 11 is 0. The zero-order valence-corrected chi connectivity index (χ0v) is 32.5. The zero-order chi connectivity index (χ0) is 39.3. The Hall–Kier alpha value is -8.08. The fourth-order valence-corrected chi connectivity index (χ4v) is 9.71. The number of hydrogen-bond acceptors (Lipinski definition) is 1. The summed E-state index contributed by atoms with van der Waals surface area (Å²) < 4.78 is 13.6. The number of aromatic nitrogens is 3. The molecule has 13 aromatic rings. The van der Waals surface area contributed by atoms with Gasteiger partial charge in [-0.3, -0.25) is 4.57 Å². The predicted octanol–water partition coefficient (Wildman–Crippen LogP) is 15.1. The average molecular weight is 766 g/mol. The van der Waals surface area contributed by atoms with E-state index in [-0.39, 0.29) is 0 Å². The lowest BCUT2D eigenvalue weighted by Gasteiger charge is -2.08. The van der Waals surface area contributed by atoms with Gasteiger partial charge in [0, 0.05) is 55.1 Å². The van der Waals surface area contributed by atoms with Crippen molar-refractivity contribution in [2.45, 2.75) is 0 Å². The molecule has 0 unspecified atom stereocenters. The summed E-state index contributed by atoms with van der Waals surface area (Å²) in [5.74, 6) is 0.807. The maximum absolute atomic E-state index is 6.57. The molecule has 0 saturated carbocycles. The third-order valence-electron chi connectivity index (χ3n) is 12.4. The zero-order valence-electron chi connectivity index (χ0n) is 32.5. The van der Waals surface area contributed by atoms with Gasteiger partial charge < -0.3 is 13.6 Å². The summed E-state index contributed by atoms with van der Waals surface area (Å²) in [4.78, 5) is 0. The van der Waals surface area contributed by atoms with E-state index < -0.39 is 0 Å². The smallest absolute Gasteiger partial charge is 0.205 e. The van der Waals surface area contributed by atoms with Crippen LogP contribution in [0.25, 0.3) is 116 Å². The third-order valence-corrected chi connectivity index (χ3v) is 12.4. The van der Waals surface area contributed by atoms with Crippen molar-refractivity contribution >= 4 is 76.4 Å². The average Bonchev–Trinajstić information content (AvgIpc) is 4.07. The van der Waals surface area contributed by atoms with Crippen LogP contribution in [0.1, 0.15) is 0 Å². The van der Waals surface area contributed by atoms with Crippen LogP contribution in [-0.2, 0) is 0 Å². The van der Waals surface area contributed by atoms with E-state index in [1.54, 1.807) is 0 Å². The van der Waals surface area contributed by atoms with Gasteiger partial charge in [0.05, 0.1) is 33.1 Å². The van der Waals surface area contributed by atoms with E-state index in [9.17, 15) is 0 Å².